The number of carbonyl (C=O) groups is 2. The third-order valence-electron chi connectivity index (χ3n) is 3.80. The molecular formula is C15H21N3O3. The van der Waals surface area contributed by atoms with Crippen molar-refractivity contribution >= 4 is 11.9 Å². The number of aliphatic carboxylic acids is 1. The van der Waals surface area contributed by atoms with Crippen molar-refractivity contribution in [3.05, 3.63) is 30.1 Å². The molecule has 114 valence electrons. The second-order valence-corrected chi connectivity index (χ2v) is 5.57. The summed E-state index contributed by atoms with van der Waals surface area (Å²) in [4.78, 5) is 31.7. The van der Waals surface area contributed by atoms with Gasteiger partial charge in [-0.3, -0.25) is 14.6 Å². The van der Waals surface area contributed by atoms with Gasteiger partial charge in [0.15, 0.2) is 0 Å². The highest BCUT2D eigenvalue weighted by atomic mass is 16.4. The summed E-state index contributed by atoms with van der Waals surface area (Å²) in [6, 6.07) is 4.92. The number of nitrogens with zero attached hydrogens (tertiary/aromatic N) is 3. The Morgan fingerprint density at radius 1 is 1.48 bits per heavy atom. The molecule has 2 rings (SSSR count). The summed E-state index contributed by atoms with van der Waals surface area (Å²) in [5, 5.41) is 9.48. The topological polar surface area (TPSA) is 73.7 Å². The summed E-state index contributed by atoms with van der Waals surface area (Å²) in [7, 11) is 3.86. The monoisotopic (exact) mass is 291 g/mol. The predicted molar refractivity (Wildman–Crippen MR) is 77.6 cm³/mol. The largest absolute Gasteiger partial charge is 0.481 e. The molecule has 0 radical (unpaired) electrons. The highest BCUT2D eigenvalue weighted by Gasteiger charge is 2.41. The number of aromatic nitrogens is 1. The molecule has 1 aromatic rings. The summed E-state index contributed by atoms with van der Waals surface area (Å²) in [5.41, 5.74) is 0.650. The first-order chi connectivity index (χ1) is 10.0. The SMILES string of the molecule is CN(C)CCN1C(=O)CCC(C(=O)O)C1c1ccccn1. The summed E-state index contributed by atoms with van der Waals surface area (Å²) in [6.07, 6.45) is 2.29. The quantitative estimate of drug-likeness (QED) is 0.876. The number of carbonyl (C=O) groups excluding carboxylic acids is 1. The van der Waals surface area contributed by atoms with Gasteiger partial charge in [0, 0.05) is 25.7 Å². The van der Waals surface area contributed by atoms with E-state index in [1.54, 1.807) is 23.2 Å². The molecule has 2 heterocycles. The van der Waals surface area contributed by atoms with Crippen LogP contribution in [0.4, 0.5) is 0 Å². The molecule has 21 heavy (non-hydrogen) atoms. The van der Waals surface area contributed by atoms with E-state index in [9.17, 15) is 14.7 Å². The van der Waals surface area contributed by atoms with Crippen molar-refractivity contribution in [3.8, 4) is 0 Å². The number of likely N-dealkylation sites (tertiary alicyclic amines) is 1. The number of carboxylic acids is 1. The molecule has 0 bridgehead atoms. The van der Waals surface area contributed by atoms with Crippen molar-refractivity contribution in [1.82, 2.24) is 14.8 Å². The lowest BCUT2D eigenvalue weighted by Crippen LogP contribution is -2.47. The summed E-state index contributed by atoms with van der Waals surface area (Å²) >= 11 is 0. The Bertz CT molecular complexity index is 504. The molecule has 2 atom stereocenters. The summed E-state index contributed by atoms with van der Waals surface area (Å²) in [5.74, 6) is -1.46. The maximum absolute atomic E-state index is 12.2. The van der Waals surface area contributed by atoms with Crippen LogP contribution in [-0.4, -0.2) is 59.0 Å². The van der Waals surface area contributed by atoms with Crippen LogP contribution in [0.1, 0.15) is 24.6 Å². The molecule has 1 saturated heterocycles. The van der Waals surface area contributed by atoms with Gasteiger partial charge in [-0.15, -0.1) is 0 Å². The van der Waals surface area contributed by atoms with Gasteiger partial charge in [0.1, 0.15) is 0 Å². The molecule has 0 spiro atoms. The molecule has 1 aliphatic rings. The number of likely N-dealkylation sites (N-methyl/N-ethyl adjacent to an activating group) is 1. The fourth-order valence-electron chi connectivity index (χ4n) is 2.70. The zero-order chi connectivity index (χ0) is 15.4. The molecule has 1 N–H and O–H groups in total. The Balaban J connectivity index is 2.32. The van der Waals surface area contributed by atoms with E-state index in [0.717, 1.165) is 0 Å². The maximum Gasteiger partial charge on any atom is 0.309 e. The van der Waals surface area contributed by atoms with Crippen LogP contribution >= 0.6 is 0 Å². The van der Waals surface area contributed by atoms with E-state index < -0.39 is 17.9 Å². The smallest absolute Gasteiger partial charge is 0.309 e. The maximum atomic E-state index is 12.2. The first-order valence-corrected chi connectivity index (χ1v) is 7.08. The van der Waals surface area contributed by atoms with Crippen LogP contribution < -0.4 is 0 Å². The van der Waals surface area contributed by atoms with Crippen molar-refractivity contribution in [2.24, 2.45) is 5.92 Å². The van der Waals surface area contributed by atoms with Crippen LogP contribution in [0.15, 0.2) is 24.4 Å². The number of piperidine rings is 1. The normalized spacial score (nSPS) is 22.6. The average molecular weight is 291 g/mol. The molecule has 0 saturated carbocycles. The number of pyridine rings is 1. The highest BCUT2D eigenvalue weighted by Crippen LogP contribution is 2.35. The summed E-state index contributed by atoms with van der Waals surface area (Å²) < 4.78 is 0. The zero-order valence-corrected chi connectivity index (χ0v) is 12.4. The Morgan fingerprint density at radius 3 is 2.81 bits per heavy atom. The van der Waals surface area contributed by atoms with Gasteiger partial charge in [-0.25, -0.2) is 0 Å². The minimum absolute atomic E-state index is 0.00463. The van der Waals surface area contributed by atoms with E-state index in [1.165, 1.54) is 0 Å². The standard InChI is InChI=1S/C15H21N3O3/c1-17(2)9-10-18-13(19)7-6-11(15(20)21)14(18)12-5-3-4-8-16-12/h3-5,8,11,14H,6-7,9-10H2,1-2H3,(H,20,21). The minimum atomic E-state index is -0.868. The van der Waals surface area contributed by atoms with E-state index >= 15 is 0 Å². The van der Waals surface area contributed by atoms with Gasteiger partial charge in [-0.05, 0) is 32.6 Å². The van der Waals surface area contributed by atoms with Crippen LogP contribution in [-0.2, 0) is 9.59 Å². The average Bonchev–Trinajstić information content (AvgIpc) is 2.46. The Hall–Kier alpha value is -1.95. The molecule has 0 aliphatic carbocycles. The number of hydrogen-bond acceptors (Lipinski definition) is 4. The predicted octanol–water partition coefficient (Wildman–Crippen LogP) is 1.01. The van der Waals surface area contributed by atoms with Gasteiger partial charge < -0.3 is 14.9 Å². The lowest BCUT2D eigenvalue weighted by molar-refractivity contribution is -0.152. The molecular weight excluding hydrogens is 270 g/mol. The molecule has 1 amide bonds. The number of rotatable bonds is 5. The van der Waals surface area contributed by atoms with Crippen molar-refractivity contribution in [2.75, 3.05) is 27.2 Å². The van der Waals surface area contributed by atoms with E-state index in [0.29, 0.717) is 25.2 Å². The van der Waals surface area contributed by atoms with Crippen LogP contribution in [0, 0.1) is 5.92 Å². The number of amides is 1. The van der Waals surface area contributed by atoms with Gasteiger partial charge in [-0.1, -0.05) is 6.07 Å². The molecule has 1 aliphatic heterocycles. The number of hydrogen-bond donors (Lipinski definition) is 1. The molecule has 2 unspecified atom stereocenters. The van der Waals surface area contributed by atoms with Crippen molar-refractivity contribution < 1.29 is 14.7 Å². The van der Waals surface area contributed by atoms with Crippen LogP contribution in [0.5, 0.6) is 0 Å². The van der Waals surface area contributed by atoms with Gasteiger partial charge in [0.05, 0.1) is 17.7 Å². The van der Waals surface area contributed by atoms with Crippen LogP contribution in [0.3, 0.4) is 0 Å². The Labute approximate surface area is 124 Å². The Kier molecular flexibility index (Phi) is 4.90. The fourth-order valence-corrected chi connectivity index (χ4v) is 2.70. The second kappa shape index (κ2) is 6.67. The van der Waals surface area contributed by atoms with E-state index in [1.807, 2.05) is 25.1 Å². The lowest BCUT2D eigenvalue weighted by atomic mass is 9.86. The van der Waals surface area contributed by atoms with Gasteiger partial charge >= 0.3 is 5.97 Å². The zero-order valence-electron chi connectivity index (χ0n) is 12.4. The number of carboxylic acid groups (broad SMARTS) is 1. The van der Waals surface area contributed by atoms with Crippen molar-refractivity contribution in [1.29, 1.82) is 0 Å². The highest BCUT2D eigenvalue weighted by molar-refractivity contribution is 5.81. The van der Waals surface area contributed by atoms with Gasteiger partial charge in [-0.2, -0.15) is 0 Å². The third-order valence-corrected chi connectivity index (χ3v) is 3.80. The van der Waals surface area contributed by atoms with Crippen molar-refractivity contribution in [2.45, 2.75) is 18.9 Å². The van der Waals surface area contributed by atoms with Gasteiger partial charge in [0.25, 0.3) is 0 Å². The molecule has 1 aromatic heterocycles. The second-order valence-electron chi connectivity index (χ2n) is 5.57. The molecule has 6 heteroatoms. The Morgan fingerprint density at radius 2 is 2.24 bits per heavy atom. The minimum Gasteiger partial charge on any atom is -0.481 e. The van der Waals surface area contributed by atoms with Gasteiger partial charge in [0.2, 0.25) is 5.91 Å². The van der Waals surface area contributed by atoms with E-state index in [-0.39, 0.29) is 12.3 Å². The molecule has 6 nitrogen and oxygen atoms in total. The van der Waals surface area contributed by atoms with Crippen LogP contribution in [0.25, 0.3) is 0 Å². The molecule has 1 fully saturated rings. The molecule has 0 aromatic carbocycles. The summed E-state index contributed by atoms with van der Waals surface area (Å²) in [6.45, 7) is 1.21. The fraction of sp³-hybridized carbons (Fsp3) is 0.533. The lowest BCUT2D eigenvalue weighted by Gasteiger charge is -2.39. The van der Waals surface area contributed by atoms with Crippen LogP contribution in [0.2, 0.25) is 0 Å². The first-order valence-electron chi connectivity index (χ1n) is 7.08. The van der Waals surface area contributed by atoms with E-state index in [4.69, 9.17) is 0 Å². The van der Waals surface area contributed by atoms with E-state index in [2.05, 4.69) is 4.98 Å². The third kappa shape index (κ3) is 3.58. The van der Waals surface area contributed by atoms with Crippen molar-refractivity contribution in [3.63, 3.8) is 0 Å². The first kappa shape index (κ1) is 15.4.